The van der Waals surface area contributed by atoms with Crippen molar-refractivity contribution in [3.8, 4) is 5.75 Å². The van der Waals surface area contributed by atoms with E-state index in [-0.39, 0.29) is 30.2 Å². The van der Waals surface area contributed by atoms with Crippen molar-refractivity contribution in [3.63, 3.8) is 0 Å². The fraction of sp³-hybridized carbons (Fsp3) is 0.480. The van der Waals surface area contributed by atoms with Crippen LogP contribution in [0.4, 0.5) is 0 Å². The monoisotopic (exact) mass is 556 g/mol. The molecule has 31 heavy (non-hydrogen) atoms. The molecular formula is C25H30ClIO4. The molecule has 1 heterocycles. The first-order chi connectivity index (χ1) is 14.8. The average Bonchev–Trinajstić information content (AvgIpc) is 2.75. The van der Waals surface area contributed by atoms with Gasteiger partial charge in [0.05, 0.1) is 12.7 Å². The number of rotatable bonds is 7. The van der Waals surface area contributed by atoms with Crippen molar-refractivity contribution in [1.29, 1.82) is 0 Å². The summed E-state index contributed by atoms with van der Waals surface area (Å²) in [7, 11) is 0. The molecule has 0 aromatic heterocycles. The second-order valence-electron chi connectivity index (χ2n) is 8.15. The normalized spacial score (nSPS) is 25.8. The van der Waals surface area contributed by atoms with Crippen molar-refractivity contribution in [2.24, 2.45) is 11.8 Å². The molecule has 6 heteroatoms. The topological polar surface area (TPSA) is 44.8 Å². The third kappa shape index (κ3) is 5.93. The minimum absolute atomic E-state index is 0.109. The number of esters is 1. The molecule has 0 amide bonds. The van der Waals surface area contributed by atoms with Crippen LogP contribution in [0.15, 0.2) is 42.5 Å². The maximum atomic E-state index is 11.8. The highest BCUT2D eigenvalue weighted by Gasteiger charge is 2.43. The zero-order valence-electron chi connectivity index (χ0n) is 18.4. The van der Waals surface area contributed by atoms with Gasteiger partial charge in [0.1, 0.15) is 18.0 Å². The van der Waals surface area contributed by atoms with Gasteiger partial charge in [-0.2, -0.15) is 0 Å². The van der Waals surface area contributed by atoms with Gasteiger partial charge in [0, 0.05) is 22.3 Å². The Bertz CT molecular complexity index is 886. The summed E-state index contributed by atoms with van der Waals surface area (Å²) in [5.41, 5.74) is 3.16. The lowest BCUT2D eigenvalue weighted by Crippen LogP contribution is -2.47. The van der Waals surface area contributed by atoms with Gasteiger partial charge in [-0.05, 0) is 54.2 Å². The Labute approximate surface area is 203 Å². The highest BCUT2D eigenvalue weighted by atomic mass is 127. The number of hydrogen-bond acceptors (Lipinski definition) is 4. The van der Waals surface area contributed by atoms with Crippen LogP contribution in [0.3, 0.4) is 0 Å². The van der Waals surface area contributed by atoms with Gasteiger partial charge in [-0.25, -0.2) is 0 Å². The third-order valence-electron chi connectivity index (χ3n) is 6.04. The molecule has 1 saturated heterocycles. The molecule has 5 atom stereocenters. The Kier molecular flexibility index (Phi) is 8.65. The number of alkyl halides is 1. The Morgan fingerprint density at radius 2 is 1.84 bits per heavy atom. The molecule has 0 radical (unpaired) electrons. The maximum absolute atomic E-state index is 11.8. The van der Waals surface area contributed by atoms with Gasteiger partial charge in [-0.1, -0.05) is 72.3 Å². The minimum atomic E-state index is -0.328. The first-order valence-electron chi connectivity index (χ1n) is 10.7. The van der Waals surface area contributed by atoms with Gasteiger partial charge in [0.15, 0.2) is 0 Å². The number of halogens is 2. The van der Waals surface area contributed by atoms with Crippen LogP contribution in [0.25, 0.3) is 0 Å². The van der Waals surface area contributed by atoms with Gasteiger partial charge in [-0.3, -0.25) is 4.79 Å². The van der Waals surface area contributed by atoms with Crippen molar-refractivity contribution in [2.75, 3.05) is 11.0 Å². The molecule has 0 saturated carbocycles. The van der Waals surface area contributed by atoms with E-state index in [1.165, 1.54) is 6.92 Å². The summed E-state index contributed by atoms with van der Waals surface area (Å²) in [4.78, 5) is 11.8. The zero-order valence-corrected chi connectivity index (χ0v) is 21.4. The predicted molar refractivity (Wildman–Crippen MR) is 132 cm³/mol. The van der Waals surface area contributed by atoms with E-state index in [9.17, 15) is 4.79 Å². The van der Waals surface area contributed by atoms with Crippen LogP contribution in [-0.2, 0) is 20.7 Å². The lowest BCUT2D eigenvalue weighted by atomic mass is 9.80. The number of hydrogen-bond donors (Lipinski definition) is 0. The molecule has 1 fully saturated rings. The minimum Gasteiger partial charge on any atom is -0.494 e. The summed E-state index contributed by atoms with van der Waals surface area (Å²) < 4.78 is 18.6. The van der Waals surface area contributed by atoms with Crippen molar-refractivity contribution < 1.29 is 19.0 Å². The molecule has 2 aromatic rings. The molecular weight excluding hydrogens is 527 g/mol. The molecule has 0 bridgehead atoms. The largest absolute Gasteiger partial charge is 0.494 e. The Morgan fingerprint density at radius 1 is 1.13 bits per heavy atom. The highest BCUT2D eigenvalue weighted by molar-refractivity contribution is 14.1. The smallest absolute Gasteiger partial charge is 0.303 e. The molecule has 4 nitrogen and oxygen atoms in total. The summed E-state index contributed by atoms with van der Waals surface area (Å²) >= 11 is 8.91. The molecule has 0 aliphatic carbocycles. The molecule has 5 unspecified atom stereocenters. The molecule has 1 aliphatic rings. The van der Waals surface area contributed by atoms with Gasteiger partial charge in [-0.15, -0.1) is 0 Å². The SMILES string of the molecule is CCOc1ccc(Cc2cc(C3OC(CI)C(C)C(C)C3OC(C)=O)ccc2Cl)cc1. The Morgan fingerprint density at radius 3 is 2.45 bits per heavy atom. The first-order valence-corrected chi connectivity index (χ1v) is 12.6. The molecule has 0 spiro atoms. The standard InChI is InChI=1S/C25H30ClIO4/c1-5-29-21-9-6-18(7-10-21)12-20-13-19(8-11-22(20)26)25-24(30-17(4)28)16(3)15(2)23(14-27)31-25/h6-11,13,15-16,23-25H,5,12,14H2,1-4H3. The van der Waals surface area contributed by atoms with E-state index in [1.807, 2.05) is 31.2 Å². The van der Waals surface area contributed by atoms with Gasteiger partial charge < -0.3 is 14.2 Å². The fourth-order valence-corrected chi connectivity index (χ4v) is 5.30. The zero-order chi connectivity index (χ0) is 22.5. The molecule has 1 aliphatic heterocycles. The summed E-state index contributed by atoms with van der Waals surface area (Å²) in [5.74, 6) is 1.06. The van der Waals surface area contributed by atoms with Crippen LogP contribution in [-0.4, -0.2) is 29.2 Å². The van der Waals surface area contributed by atoms with E-state index < -0.39 is 0 Å². The second-order valence-corrected chi connectivity index (χ2v) is 9.43. The van der Waals surface area contributed by atoms with Crippen LogP contribution >= 0.6 is 34.2 Å². The van der Waals surface area contributed by atoms with E-state index in [1.54, 1.807) is 0 Å². The lowest BCUT2D eigenvalue weighted by Gasteiger charge is -2.44. The second kappa shape index (κ2) is 11.0. The average molecular weight is 557 g/mol. The fourth-order valence-electron chi connectivity index (χ4n) is 4.11. The van der Waals surface area contributed by atoms with E-state index in [4.69, 9.17) is 25.8 Å². The number of carbonyl (C=O) groups is 1. The van der Waals surface area contributed by atoms with Crippen molar-refractivity contribution in [2.45, 2.75) is 52.4 Å². The molecule has 0 N–H and O–H groups in total. The first kappa shape index (κ1) is 24.3. The summed E-state index contributed by atoms with van der Waals surface area (Å²) in [6.07, 6.45) is 0.168. The predicted octanol–water partition coefficient (Wildman–Crippen LogP) is 6.41. The summed E-state index contributed by atoms with van der Waals surface area (Å²) in [6, 6.07) is 14.1. The molecule has 168 valence electrons. The van der Waals surface area contributed by atoms with Crippen LogP contribution in [0.5, 0.6) is 5.75 Å². The number of benzene rings is 2. The summed E-state index contributed by atoms with van der Waals surface area (Å²) in [6.45, 7) is 8.38. The molecule has 2 aromatic carbocycles. The van der Waals surface area contributed by atoms with E-state index in [2.05, 4.69) is 54.6 Å². The quantitative estimate of drug-likeness (QED) is 0.225. The third-order valence-corrected chi connectivity index (χ3v) is 7.27. The van der Waals surface area contributed by atoms with Crippen molar-refractivity contribution in [1.82, 2.24) is 0 Å². The van der Waals surface area contributed by atoms with Gasteiger partial charge in [0.25, 0.3) is 0 Å². The Balaban J connectivity index is 1.89. The molecule has 3 rings (SSSR count). The van der Waals surface area contributed by atoms with Crippen LogP contribution in [0.2, 0.25) is 5.02 Å². The Hall–Kier alpha value is -1.31. The van der Waals surface area contributed by atoms with Crippen LogP contribution < -0.4 is 4.74 Å². The van der Waals surface area contributed by atoms with Gasteiger partial charge >= 0.3 is 5.97 Å². The number of carbonyl (C=O) groups excluding carboxylic acids is 1. The van der Waals surface area contributed by atoms with E-state index in [0.717, 1.165) is 26.9 Å². The van der Waals surface area contributed by atoms with Crippen molar-refractivity contribution >= 4 is 40.2 Å². The van der Waals surface area contributed by atoms with Crippen molar-refractivity contribution in [3.05, 3.63) is 64.2 Å². The van der Waals surface area contributed by atoms with E-state index in [0.29, 0.717) is 24.0 Å². The van der Waals surface area contributed by atoms with E-state index >= 15 is 0 Å². The highest BCUT2D eigenvalue weighted by Crippen LogP contribution is 2.41. The maximum Gasteiger partial charge on any atom is 0.303 e. The number of ether oxygens (including phenoxy) is 3. The summed E-state index contributed by atoms with van der Waals surface area (Å²) in [5, 5.41) is 0.712. The van der Waals surface area contributed by atoms with Crippen LogP contribution in [0.1, 0.15) is 50.5 Å². The van der Waals surface area contributed by atoms with Gasteiger partial charge in [0.2, 0.25) is 0 Å². The lowest BCUT2D eigenvalue weighted by molar-refractivity contribution is -0.191. The van der Waals surface area contributed by atoms with Crippen LogP contribution in [0, 0.1) is 11.8 Å².